The summed E-state index contributed by atoms with van der Waals surface area (Å²) in [5, 5.41) is 0.974. The van der Waals surface area contributed by atoms with Crippen molar-refractivity contribution in [3.8, 4) is 0 Å². The Labute approximate surface area is 135 Å². The van der Waals surface area contributed by atoms with E-state index < -0.39 is 5.60 Å². The van der Waals surface area contributed by atoms with E-state index >= 15 is 0 Å². The van der Waals surface area contributed by atoms with Gasteiger partial charge in [0, 0.05) is 29.9 Å². The average molecular weight is 314 g/mol. The first-order chi connectivity index (χ1) is 10.8. The fourth-order valence-corrected chi connectivity index (χ4v) is 2.71. The van der Waals surface area contributed by atoms with Gasteiger partial charge in [0.25, 0.3) is 0 Å². The Hall–Kier alpha value is -2.50. The van der Waals surface area contributed by atoms with Crippen LogP contribution in [-0.2, 0) is 4.74 Å². The predicted molar refractivity (Wildman–Crippen MR) is 90.7 cm³/mol. The lowest BCUT2D eigenvalue weighted by molar-refractivity contribution is 0.0329. The molecule has 2 aromatic heterocycles. The summed E-state index contributed by atoms with van der Waals surface area (Å²) in [5.74, 6) is 0. The minimum absolute atomic E-state index is 0.313. The summed E-state index contributed by atoms with van der Waals surface area (Å²) in [6.45, 7) is 6.27. The number of hydrogen-bond donors (Lipinski definition) is 2. The van der Waals surface area contributed by atoms with Gasteiger partial charge in [0.1, 0.15) is 11.2 Å². The highest BCUT2D eigenvalue weighted by Gasteiger charge is 2.24. The van der Waals surface area contributed by atoms with Crippen molar-refractivity contribution in [2.75, 3.05) is 12.3 Å². The van der Waals surface area contributed by atoms with E-state index in [1.807, 2.05) is 39.2 Å². The van der Waals surface area contributed by atoms with Crippen molar-refractivity contribution in [1.29, 1.82) is 0 Å². The molecular formula is C17H22N4O2. The van der Waals surface area contributed by atoms with E-state index in [9.17, 15) is 4.79 Å². The Bertz CT molecular complexity index is 770. The topological polar surface area (TPSA) is 84.2 Å². The number of nitrogen functional groups attached to an aromatic ring is 1. The molecule has 6 nitrogen and oxygen atoms in total. The van der Waals surface area contributed by atoms with Crippen molar-refractivity contribution < 1.29 is 9.53 Å². The van der Waals surface area contributed by atoms with Crippen molar-refractivity contribution in [3.63, 3.8) is 0 Å². The number of H-pyrrole nitrogens is 1. The largest absolute Gasteiger partial charge is 0.443 e. The van der Waals surface area contributed by atoms with Crippen LogP contribution in [0, 0.1) is 0 Å². The monoisotopic (exact) mass is 314 g/mol. The van der Waals surface area contributed by atoms with Gasteiger partial charge in [-0.25, -0.2) is 9.78 Å². The quantitative estimate of drug-likeness (QED) is 0.843. The number of pyridine rings is 1. The van der Waals surface area contributed by atoms with Gasteiger partial charge >= 0.3 is 6.09 Å². The van der Waals surface area contributed by atoms with Gasteiger partial charge in [-0.2, -0.15) is 0 Å². The van der Waals surface area contributed by atoms with Gasteiger partial charge in [0.05, 0.1) is 11.9 Å². The average Bonchev–Trinajstić information content (AvgIpc) is 2.88. The van der Waals surface area contributed by atoms with E-state index in [0.29, 0.717) is 12.2 Å². The van der Waals surface area contributed by atoms with Crippen molar-refractivity contribution in [3.05, 3.63) is 30.2 Å². The number of nitrogens with two attached hydrogens (primary N) is 1. The Morgan fingerprint density at radius 2 is 2.22 bits per heavy atom. The van der Waals surface area contributed by atoms with Crippen LogP contribution in [0.2, 0.25) is 0 Å². The van der Waals surface area contributed by atoms with E-state index in [-0.39, 0.29) is 6.09 Å². The molecule has 3 N–H and O–H groups in total. The lowest BCUT2D eigenvalue weighted by Crippen LogP contribution is -2.35. The number of aromatic amines is 1. The minimum atomic E-state index is -0.498. The second-order valence-corrected chi connectivity index (χ2v) is 6.80. The van der Waals surface area contributed by atoms with E-state index in [4.69, 9.17) is 10.5 Å². The van der Waals surface area contributed by atoms with Gasteiger partial charge < -0.3 is 15.5 Å². The summed E-state index contributed by atoms with van der Waals surface area (Å²) in [4.78, 5) is 21.3. The Morgan fingerprint density at radius 3 is 2.96 bits per heavy atom. The van der Waals surface area contributed by atoms with Crippen LogP contribution in [0.15, 0.2) is 24.7 Å². The molecule has 0 spiro atoms. The number of amides is 1. The second kappa shape index (κ2) is 5.61. The van der Waals surface area contributed by atoms with Crippen LogP contribution >= 0.6 is 0 Å². The summed E-state index contributed by atoms with van der Waals surface area (Å²) >= 11 is 0. The molecule has 0 fully saturated rings. The maximum absolute atomic E-state index is 12.3. The van der Waals surface area contributed by atoms with Crippen molar-refractivity contribution in [1.82, 2.24) is 14.9 Å². The van der Waals surface area contributed by atoms with E-state index in [1.54, 1.807) is 11.1 Å². The SMILES string of the molecule is CC(C)(C)OC(=O)N1C=C(c2c[nH]c3ncc(N)cc23)CCC1. The van der Waals surface area contributed by atoms with Crippen LogP contribution in [0.3, 0.4) is 0 Å². The van der Waals surface area contributed by atoms with Crippen molar-refractivity contribution in [2.24, 2.45) is 0 Å². The third-order valence-electron chi connectivity index (χ3n) is 3.68. The number of carbonyl (C=O) groups excluding carboxylic acids is 1. The number of aromatic nitrogens is 2. The molecule has 2 aromatic rings. The normalized spacial score (nSPS) is 15.6. The number of rotatable bonds is 1. The third-order valence-corrected chi connectivity index (χ3v) is 3.68. The molecule has 3 rings (SSSR count). The molecule has 0 radical (unpaired) electrons. The van der Waals surface area contributed by atoms with Gasteiger partial charge in [0.2, 0.25) is 0 Å². The maximum atomic E-state index is 12.3. The highest BCUT2D eigenvalue weighted by molar-refractivity contribution is 5.92. The minimum Gasteiger partial charge on any atom is -0.443 e. The van der Waals surface area contributed by atoms with Crippen LogP contribution in [0.1, 0.15) is 39.2 Å². The van der Waals surface area contributed by atoms with Crippen LogP contribution in [-0.4, -0.2) is 33.1 Å². The highest BCUT2D eigenvalue weighted by atomic mass is 16.6. The number of ether oxygens (including phenoxy) is 1. The Morgan fingerprint density at radius 1 is 1.43 bits per heavy atom. The van der Waals surface area contributed by atoms with Gasteiger partial charge in [-0.05, 0) is 45.3 Å². The molecule has 1 aliphatic rings. The first-order valence-electron chi connectivity index (χ1n) is 7.77. The van der Waals surface area contributed by atoms with E-state index in [2.05, 4.69) is 9.97 Å². The molecular weight excluding hydrogens is 292 g/mol. The summed E-state index contributed by atoms with van der Waals surface area (Å²) in [6, 6.07) is 1.90. The Balaban J connectivity index is 1.92. The maximum Gasteiger partial charge on any atom is 0.414 e. The van der Waals surface area contributed by atoms with Crippen LogP contribution in [0.5, 0.6) is 0 Å². The zero-order valence-electron chi connectivity index (χ0n) is 13.7. The fourth-order valence-electron chi connectivity index (χ4n) is 2.71. The lowest BCUT2D eigenvalue weighted by Gasteiger charge is -2.28. The van der Waals surface area contributed by atoms with Gasteiger partial charge in [-0.3, -0.25) is 4.90 Å². The van der Waals surface area contributed by atoms with Crippen molar-refractivity contribution in [2.45, 2.75) is 39.2 Å². The lowest BCUT2D eigenvalue weighted by atomic mass is 9.99. The molecule has 122 valence electrons. The molecule has 0 unspecified atom stereocenters. The molecule has 0 aromatic carbocycles. The molecule has 0 saturated heterocycles. The second-order valence-electron chi connectivity index (χ2n) is 6.80. The van der Waals surface area contributed by atoms with Gasteiger partial charge in [-0.15, -0.1) is 0 Å². The molecule has 0 aliphatic carbocycles. The number of carbonyl (C=O) groups is 1. The first-order valence-corrected chi connectivity index (χ1v) is 7.77. The van der Waals surface area contributed by atoms with Crippen LogP contribution in [0.4, 0.5) is 10.5 Å². The number of fused-ring (bicyclic) bond motifs is 1. The molecule has 0 atom stereocenters. The summed E-state index contributed by atoms with van der Waals surface area (Å²) < 4.78 is 5.45. The van der Waals surface area contributed by atoms with Crippen LogP contribution < -0.4 is 5.73 Å². The fraction of sp³-hybridized carbons (Fsp3) is 0.412. The van der Waals surface area contributed by atoms with E-state index in [0.717, 1.165) is 35.0 Å². The number of nitrogens with zero attached hydrogens (tertiary/aromatic N) is 2. The molecule has 1 aliphatic heterocycles. The first kappa shape index (κ1) is 15.4. The number of nitrogens with one attached hydrogen (secondary N) is 1. The number of hydrogen-bond acceptors (Lipinski definition) is 4. The molecule has 1 amide bonds. The van der Waals surface area contributed by atoms with Crippen LogP contribution in [0.25, 0.3) is 16.6 Å². The van der Waals surface area contributed by atoms with Crippen molar-refractivity contribution >= 4 is 28.4 Å². The number of anilines is 1. The Kier molecular flexibility index (Phi) is 3.75. The highest BCUT2D eigenvalue weighted by Crippen LogP contribution is 2.31. The van der Waals surface area contributed by atoms with Gasteiger partial charge in [0.15, 0.2) is 0 Å². The third kappa shape index (κ3) is 3.31. The van der Waals surface area contributed by atoms with Gasteiger partial charge in [-0.1, -0.05) is 0 Å². The summed E-state index contributed by atoms with van der Waals surface area (Å²) in [6.07, 6.45) is 6.91. The zero-order valence-corrected chi connectivity index (χ0v) is 13.7. The zero-order chi connectivity index (χ0) is 16.6. The molecule has 0 bridgehead atoms. The molecule has 3 heterocycles. The smallest absolute Gasteiger partial charge is 0.414 e. The molecule has 6 heteroatoms. The molecule has 23 heavy (non-hydrogen) atoms. The summed E-state index contributed by atoms with van der Waals surface area (Å²) in [7, 11) is 0. The molecule has 0 saturated carbocycles. The summed E-state index contributed by atoms with van der Waals surface area (Å²) in [5.41, 5.74) is 8.89. The standard InChI is InChI=1S/C17H22N4O2/c1-17(2,3)23-16(22)21-6-4-5-11(10-21)14-9-20-15-13(14)7-12(18)8-19-15/h7-10H,4-6,18H2,1-3H3,(H,19,20). The predicted octanol–water partition coefficient (Wildman–Crippen LogP) is 3.52. The number of allylic oxidation sites excluding steroid dienone is 1. The van der Waals surface area contributed by atoms with E-state index in [1.165, 1.54) is 0 Å².